The average molecular weight is 445 g/mol. The van der Waals surface area contributed by atoms with E-state index in [-0.39, 0.29) is 5.91 Å². The molecule has 1 amide bonds. The topological polar surface area (TPSA) is 103 Å². The summed E-state index contributed by atoms with van der Waals surface area (Å²) in [4.78, 5) is 21.9. The number of anilines is 1. The van der Waals surface area contributed by atoms with Crippen molar-refractivity contribution in [3.8, 4) is 5.75 Å². The molecule has 0 unspecified atom stereocenters. The highest BCUT2D eigenvalue weighted by molar-refractivity contribution is 7.99. The predicted octanol–water partition coefficient (Wildman–Crippen LogP) is 2.83. The molecule has 0 saturated carbocycles. The number of nitrogens with one attached hydrogen (secondary N) is 2. The van der Waals surface area contributed by atoms with Gasteiger partial charge in [0.15, 0.2) is 10.8 Å². The van der Waals surface area contributed by atoms with Crippen molar-refractivity contribution in [2.75, 3.05) is 45.0 Å². The van der Waals surface area contributed by atoms with E-state index in [0.29, 0.717) is 42.7 Å². The minimum atomic E-state index is -0.190. The van der Waals surface area contributed by atoms with Crippen molar-refractivity contribution in [2.45, 2.75) is 25.0 Å². The molecular weight excluding hydrogens is 416 g/mol. The first-order valence-corrected chi connectivity index (χ1v) is 11.2. The number of thioether (sulfide) groups is 1. The summed E-state index contributed by atoms with van der Waals surface area (Å²) < 4.78 is 12.2. The smallest absolute Gasteiger partial charge is 0.255 e. The largest absolute Gasteiger partial charge is 0.496 e. The summed E-state index contributed by atoms with van der Waals surface area (Å²) in [6.45, 7) is 4.23. The molecule has 0 atom stereocenters. The Balaban J connectivity index is 1.74. The van der Waals surface area contributed by atoms with Crippen LogP contribution in [-0.4, -0.2) is 65.3 Å². The number of hydrogen-bond acceptors (Lipinski definition) is 8. The SMILES string of the molecule is CCCSc1nc(NCCOC)c2cnn(CCNC(=O)c3ccccc3OC)c2n1. The fraction of sp³-hybridized carbons (Fsp3) is 0.429. The molecule has 0 aliphatic carbocycles. The Kier molecular flexibility index (Phi) is 8.48. The molecule has 1 aromatic carbocycles. The van der Waals surface area contributed by atoms with Crippen LogP contribution in [0, 0.1) is 0 Å². The van der Waals surface area contributed by atoms with Crippen molar-refractivity contribution in [3.63, 3.8) is 0 Å². The first-order chi connectivity index (χ1) is 15.2. The first kappa shape index (κ1) is 22.8. The third-order valence-electron chi connectivity index (χ3n) is 4.47. The molecule has 0 radical (unpaired) electrons. The number of methoxy groups -OCH3 is 2. The first-order valence-electron chi connectivity index (χ1n) is 10.2. The predicted molar refractivity (Wildman–Crippen MR) is 122 cm³/mol. The second kappa shape index (κ2) is 11.5. The third-order valence-corrected chi connectivity index (χ3v) is 5.52. The molecule has 0 bridgehead atoms. The van der Waals surface area contributed by atoms with Gasteiger partial charge >= 0.3 is 0 Å². The van der Waals surface area contributed by atoms with Gasteiger partial charge in [0.25, 0.3) is 5.91 Å². The minimum Gasteiger partial charge on any atom is -0.496 e. The lowest BCUT2D eigenvalue weighted by Crippen LogP contribution is -2.28. The van der Waals surface area contributed by atoms with Crippen molar-refractivity contribution < 1.29 is 14.3 Å². The van der Waals surface area contributed by atoms with E-state index in [0.717, 1.165) is 29.0 Å². The molecule has 9 nitrogen and oxygen atoms in total. The van der Waals surface area contributed by atoms with Crippen LogP contribution in [0.15, 0.2) is 35.6 Å². The Hall–Kier alpha value is -2.85. The molecule has 10 heteroatoms. The average Bonchev–Trinajstić information content (AvgIpc) is 3.20. The number of fused-ring (bicyclic) bond motifs is 1. The van der Waals surface area contributed by atoms with E-state index in [1.807, 2.05) is 12.1 Å². The van der Waals surface area contributed by atoms with Crippen molar-refractivity contribution in [2.24, 2.45) is 0 Å². The molecule has 31 heavy (non-hydrogen) atoms. The fourth-order valence-corrected chi connectivity index (χ4v) is 3.66. The number of amides is 1. The molecule has 166 valence electrons. The van der Waals surface area contributed by atoms with Gasteiger partial charge < -0.3 is 20.1 Å². The van der Waals surface area contributed by atoms with Crippen LogP contribution in [0.5, 0.6) is 5.75 Å². The van der Waals surface area contributed by atoms with Gasteiger partial charge in [0.1, 0.15) is 11.6 Å². The monoisotopic (exact) mass is 444 g/mol. The molecule has 2 N–H and O–H groups in total. The number of ether oxygens (including phenoxy) is 2. The normalized spacial score (nSPS) is 10.9. The highest BCUT2D eigenvalue weighted by atomic mass is 32.2. The number of carbonyl (C=O) groups excluding carboxylic acids is 1. The standard InChI is InChI=1S/C21H28N6O3S/c1-4-13-31-21-25-18(22-10-12-29-2)16-14-24-27(19(16)26-21)11-9-23-20(28)15-7-5-6-8-17(15)30-3/h5-8,14H,4,9-13H2,1-3H3,(H,23,28)(H,22,25,26). The summed E-state index contributed by atoms with van der Waals surface area (Å²) in [7, 11) is 3.21. The van der Waals surface area contributed by atoms with Crippen molar-refractivity contribution in [3.05, 3.63) is 36.0 Å². The van der Waals surface area contributed by atoms with Gasteiger partial charge in [-0.1, -0.05) is 30.8 Å². The van der Waals surface area contributed by atoms with Crippen LogP contribution < -0.4 is 15.4 Å². The van der Waals surface area contributed by atoms with E-state index in [2.05, 4.69) is 27.6 Å². The molecule has 0 fully saturated rings. The minimum absolute atomic E-state index is 0.190. The number of hydrogen-bond donors (Lipinski definition) is 2. The molecule has 3 aromatic rings. The van der Waals surface area contributed by atoms with Crippen LogP contribution in [0.25, 0.3) is 11.0 Å². The molecule has 3 rings (SSSR count). The van der Waals surface area contributed by atoms with Crippen LogP contribution in [0.3, 0.4) is 0 Å². The van der Waals surface area contributed by atoms with E-state index in [1.165, 1.54) is 0 Å². The highest BCUT2D eigenvalue weighted by Crippen LogP contribution is 2.24. The van der Waals surface area contributed by atoms with Gasteiger partial charge in [-0.25, -0.2) is 14.6 Å². The van der Waals surface area contributed by atoms with E-state index in [9.17, 15) is 4.79 Å². The van der Waals surface area contributed by atoms with Crippen LogP contribution in [0.2, 0.25) is 0 Å². The zero-order valence-electron chi connectivity index (χ0n) is 18.1. The quantitative estimate of drug-likeness (QED) is 0.250. The number of para-hydroxylation sites is 1. The zero-order chi connectivity index (χ0) is 22.1. The zero-order valence-corrected chi connectivity index (χ0v) is 18.9. The van der Waals surface area contributed by atoms with E-state index >= 15 is 0 Å². The molecule has 0 aliphatic heterocycles. The van der Waals surface area contributed by atoms with Gasteiger partial charge in [0.05, 0.1) is 37.4 Å². The van der Waals surface area contributed by atoms with Gasteiger partial charge in [0.2, 0.25) is 0 Å². The molecule has 2 aromatic heterocycles. The summed E-state index contributed by atoms with van der Waals surface area (Å²) in [6.07, 6.45) is 2.79. The van der Waals surface area contributed by atoms with Crippen molar-refractivity contribution >= 4 is 34.5 Å². The van der Waals surface area contributed by atoms with E-state index < -0.39 is 0 Å². The molecule has 2 heterocycles. The second-order valence-corrected chi connectivity index (χ2v) is 7.75. The maximum absolute atomic E-state index is 12.5. The summed E-state index contributed by atoms with van der Waals surface area (Å²) >= 11 is 1.61. The summed E-state index contributed by atoms with van der Waals surface area (Å²) in [5.41, 5.74) is 1.24. The molecule has 0 spiro atoms. The Morgan fingerprint density at radius 3 is 2.81 bits per heavy atom. The lowest BCUT2D eigenvalue weighted by Gasteiger charge is -2.10. The Labute approximate surface area is 185 Å². The Bertz CT molecular complexity index is 1010. The summed E-state index contributed by atoms with van der Waals surface area (Å²) in [5, 5.41) is 12.2. The lowest BCUT2D eigenvalue weighted by molar-refractivity contribution is 0.0949. The van der Waals surface area contributed by atoms with Gasteiger partial charge in [-0.05, 0) is 18.6 Å². The van der Waals surface area contributed by atoms with Gasteiger partial charge in [-0.2, -0.15) is 5.10 Å². The van der Waals surface area contributed by atoms with Crippen LogP contribution in [0.4, 0.5) is 5.82 Å². The summed E-state index contributed by atoms with van der Waals surface area (Å²) in [6, 6.07) is 7.14. The second-order valence-electron chi connectivity index (χ2n) is 6.68. The maximum Gasteiger partial charge on any atom is 0.255 e. The van der Waals surface area contributed by atoms with Gasteiger partial charge in [-0.3, -0.25) is 4.79 Å². The number of carbonyl (C=O) groups is 1. The number of benzene rings is 1. The van der Waals surface area contributed by atoms with Crippen LogP contribution in [-0.2, 0) is 11.3 Å². The van der Waals surface area contributed by atoms with Crippen molar-refractivity contribution in [1.82, 2.24) is 25.1 Å². The van der Waals surface area contributed by atoms with Crippen LogP contribution >= 0.6 is 11.8 Å². The lowest BCUT2D eigenvalue weighted by atomic mass is 10.2. The van der Waals surface area contributed by atoms with Gasteiger partial charge in [-0.15, -0.1) is 0 Å². The van der Waals surface area contributed by atoms with E-state index in [1.54, 1.807) is 49.0 Å². The van der Waals surface area contributed by atoms with Gasteiger partial charge in [0, 0.05) is 26.0 Å². The van der Waals surface area contributed by atoms with Crippen molar-refractivity contribution in [1.29, 1.82) is 0 Å². The molecular formula is C21H28N6O3S. The fourth-order valence-electron chi connectivity index (χ4n) is 2.97. The summed E-state index contributed by atoms with van der Waals surface area (Å²) in [5.74, 6) is 2.03. The van der Waals surface area contributed by atoms with E-state index in [4.69, 9.17) is 14.5 Å². The van der Waals surface area contributed by atoms with Crippen LogP contribution in [0.1, 0.15) is 23.7 Å². The number of nitrogens with zero attached hydrogens (tertiary/aromatic N) is 4. The Morgan fingerprint density at radius 2 is 2.03 bits per heavy atom. The third kappa shape index (κ3) is 5.86. The number of rotatable bonds is 12. The Morgan fingerprint density at radius 1 is 1.19 bits per heavy atom. The molecule has 0 aliphatic rings. The number of aromatic nitrogens is 4. The highest BCUT2D eigenvalue weighted by Gasteiger charge is 2.14. The maximum atomic E-state index is 12.5. The molecule has 0 saturated heterocycles.